The SMILES string of the molecule is Cc1ccc(Nc2nccc(NC3CCCCC3)n2)c(Br)c1. The van der Waals surface area contributed by atoms with Gasteiger partial charge in [0.2, 0.25) is 5.95 Å². The third-order valence-corrected chi connectivity index (χ3v) is 4.64. The third kappa shape index (κ3) is 3.97. The van der Waals surface area contributed by atoms with Gasteiger partial charge in [-0.05, 0) is 59.5 Å². The van der Waals surface area contributed by atoms with E-state index < -0.39 is 0 Å². The zero-order valence-electron chi connectivity index (χ0n) is 12.8. The summed E-state index contributed by atoms with van der Waals surface area (Å²) in [7, 11) is 0. The van der Waals surface area contributed by atoms with Gasteiger partial charge in [0.25, 0.3) is 0 Å². The molecule has 1 aliphatic rings. The fraction of sp³-hybridized carbons (Fsp3) is 0.412. The molecule has 1 aliphatic carbocycles. The Bertz CT molecular complexity index is 638. The molecule has 1 heterocycles. The van der Waals surface area contributed by atoms with Crippen LogP contribution < -0.4 is 10.6 Å². The van der Waals surface area contributed by atoms with Crippen LogP contribution >= 0.6 is 15.9 Å². The van der Waals surface area contributed by atoms with Crippen LogP contribution in [0.4, 0.5) is 17.5 Å². The van der Waals surface area contributed by atoms with E-state index in [-0.39, 0.29) is 0 Å². The minimum absolute atomic E-state index is 0.544. The van der Waals surface area contributed by atoms with Crippen LogP contribution in [0.2, 0.25) is 0 Å². The standard InChI is InChI=1S/C17H21BrN4/c1-12-7-8-15(14(18)11-12)21-17-19-10-9-16(22-17)20-13-5-3-2-4-6-13/h7-11,13H,2-6H2,1H3,(H2,19,20,21,22). The van der Waals surface area contributed by atoms with Crippen LogP contribution in [0.3, 0.4) is 0 Å². The molecule has 1 saturated carbocycles. The number of nitrogens with one attached hydrogen (secondary N) is 2. The summed E-state index contributed by atoms with van der Waals surface area (Å²) in [4.78, 5) is 8.88. The van der Waals surface area contributed by atoms with E-state index >= 15 is 0 Å². The van der Waals surface area contributed by atoms with Gasteiger partial charge in [-0.15, -0.1) is 0 Å². The van der Waals surface area contributed by atoms with Gasteiger partial charge in [-0.3, -0.25) is 0 Å². The molecule has 0 spiro atoms. The molecule has 3 rings (SSSR count). The molecule has 0 bridgehead atoms. The Balaban J connectivity index is 1.70. The molecule has 4 nitrogen and oxygen atoms in total. The Hall–Kier alpha value is -1.62. The topological polar surface area (TPSA) is 49.8 Å². The smallest absolute Gasteiger partial charge is 0.229 e. The quantitative estimate of drug-likeness (QED) is 0.801. The van der Waals surface area contributed by atoms with Crippen LogP contribution in [0.5, 0.6) is 0 Å². The number of halogens is 1. The minimum atomic E-state index is 0.544. The van der Waals surface area contributed by atoms with Crippen molar-refractivity contribution >= 4 is 33.4 Å². The Kier molecular flexibility index (Phi) is 4.93. The molecule has 0 aliphatic heterocycles. The van der Waals surface area contributed by atoms with E-state index in [1.807, 2.05) is 12.1 Å². The number of aryl methyl sites for hydroxylation is 1. The van der Waals surface area contributed by atoms with Crippen LogP contribution in [0.15, 0.2) is 34.9 Å². The predicted octanol–water partition coefficient (Wildman–Crippen LogP) is 5.04. The molecule has 2 N–H and O–H groups in total. The maximum Gasteiger partial charge on any atom is 0.229 e. The van der Waals surface area contributed by atoms with E-state index in [0.717, 1.165) is 16.0 Å². The van der Waals surface area contributed by atoms with Gasteiger partial charge in [-0.25, -0.2) is 4.98 Å². The zero-order valence-corrected chi connectivity index (χ0v) is 14.4. The van der Waals surface area contributed by atoms with Gasteiger partial charge in [0.05, 0.1) is 5.69 Å². The van der Waals surface area contributed by atoms with Gasteiger partial charge >= 0.3 is 0 Å². The fourth-order valence-corrected chi connectivity index (χ4v) is 3.39. The predicted molar refractivity (Wildman–Crippen MR) is 94.7 cm³/mol. The van der Waals surface area contributed by atoms with Crippen molar-refractivity contribution in [3.8, 4) is 0 Å². The monoisotopic (exact) mass is 360 g/mol. The number of nitrogens with zero attached hydrogens (tertiary/aromatic N) is 2. The second-order valence-corrected chi connectivity index (χ2v) is 6.71. The van der Waals surface area contributed by atoms with Crippen molar-refractivity contribution in [2.24, 2.45) is 0 Å². The first-order valence-corrected chi connectivity index (χ1v) is 8.63. The molecule has 0 atom stereocenters. The minimum Gasteiger partial charge on any atom is -0.367 e. The molecule has 1 aromatic carbocycles. The molecular formula is C17H21BrN4. The van der Waals surface area contributed by atoms with E-state index in [1.54, 1.807) is 6.20 Å². The first-order valence-electron chi connectivity index (χ1n) is 7.83. The van der Waals surface area contributed by atoms with Crippen molar-refractivity contribution < 1.29 is 0 Å². The van der Waals surface area contributed by atoms with Crippen LogP contribution in [-0.4, -0.2) is 16.0 Å². The van der Waals surface area contributed by atoms with Gasteiger partial charge in [-0.1, -0.05) is 25.3 Å². The lowest BCUT2D eigenvalue weighted by molar-refractivity contribution is 0.462. The summed E-state index contributed by atoms with van der Waals surface area (Å²) in [6.45, 7) is 2.07. The lowest BCUT2D eigenvalue weighted by Gasteiger charge is -2.23. The number of benzene rings is 1. The second kappa shape index (κ2) is 7.09. The first-order chi connectivity index (χ1) is 10.7. The Labute approximate surface area is 139 Å². The zero-order chi connectivity index (χ0) is 15.4. The molecule has 0 radical (unpaired) electrons. The summed E-state index contributed by atoms with van der Waals surface area (Å²) < 4.78 is 1.02. The van der Waals surface area contributed by atoms with Gasteiger partial charge in [0.1, 0.15) is 5.82 Å². The van der Waals surface area contributed by atoms with Gasteiger partial charge in [0, 0.05) is 16.7 Å². The molecule has 22 heavy (non-hydrogen) atoms. The van der Waals surface area contributed by atoms with Crippen molar-refractivity contribution in [1.29, 1.82) is 0 Å². The van der Waals surface area contributed by atoms with Crippen LogP contribution in [0.25, 0.3) is 0 Å². The average molecular weight is 361 g/mol. The van der Waals surface area contributed by atoms with Crippen LogP contribution in [0, 0.1) is 6.92 Å². The third-order valence-electron chi connectivity index (χ3n) is 3.98. The molecule has 1 fully saturated rings. The lowest BCUT2D eigenvalue weighted by atomic mass is 9.95. The number of anilines is 3. The molecular weight excluding hydrogens is 340 g/mol. The van der Waals surface area contributed by atoms with Crippen LogP contribution in [0.1, 0.15) is 37.7 Å². The Morgan fingerprint density at radius 1 is 1.14 bits per heavy atom. The highest BCUT2D eigenvalue weighted by atomic mass is 79.9. The number of hydrogen-bond acceptors (Lipinski definition) is 4. The summed E-state index contributed by atoms with van der Waals surface area (Å²) in [5.41, 5.74) is 2.19. The largest absolute Gasteiger partial charge is 0.367 e. The van der Waals surface area contributed by atoms with Crippen molar-refractivity contribution in [2.75, 3.05) is 10.6 Å². The molecule has 1 aromatic heterocycles. The number of rotatable bonds is 4. The van der Waals surface area contributed by atoms with Crippen molar-refractivity contribution in [3.05, 3.63) is 40.5 Å². The molecule has 0 unspecified atom stereocenters. The first kappa shape index (κ1) is 15.3. The highest BCUT2D eigenvalue weighted by Gasteiger charge is 2.13. The summed E-state index contributed by atoms with van der Waals surface area (Å²) in [6, 6.07) is 8.65. The van der Waals surface area contributed by atoms with E-state index in [1.165, 1.54) is 37.7 Å². The average Bonchev–Trinajstić information content (AvgIpc) is 2.52. The molecule has 0 saturated heterocycles. The van der Waals surface area contributed by atoms with Crippen LogP contribution in [-0.2, 0) is 0 Å². The summed E-state index contributed by atoms with van der Waals surface area (Å²) in [5.74, 6) is 1.51. The van der Waals surface area contributed by atoms with Crippen molar-refractivity contribution in [1.82, 2.24) is 9.97 Å². The maximum absolute atomic E-state index is 4.57. The normalized spacial score (nSPS) is 15.5. The Morgan fingerprint density at radius 3 is 2.73 bits per heavy atom. The molecule has 0 amide bonds. The molecule has 5 heteroatoms. The summed E-state index contributed by atoms with van der Waals surface area (Å²) in [5, 5.41) is 6.80. The van der Waals surface area contributed by atoms with E-state index in [4.69, 9.17) is 0 Å². The molecule has 2 aromatic rings. The molecule has 116 valence electrons. The highest BCUT2D eigenvalue weighted by Crippen LogP contribution is 2.26. The van der Waals surface area contributed by atoms with Crippen molar-refractivity contribution in [2.45, 2.75) is 45.1 Å². The number of aromatic nitrogens is 2. The van der Waals surface area contributed by atoms with Gasteiger partial charge in [-0.2, -0.15) is 4.98 Å². The van der Waals surface area contributed by atoms with E-state index in [2.05, 4.69) is 55.6 Å². The summed E-state index contributed by atoms with van der Waals surface area (Å²) >= 11 is 3.57. The maximum atomic E-state index is 4.57. The second-order valence-electron chi connectivity index (χ2n) is 5.85. The number of hydrogen-bond donors (Lipinski definition) is 2. The van der Waals surface area contributed by atoms with Gasteiger partial charge in [0.15, 0.2) is 0 Å². The fourth-order valence-electron chi connectivity index (χ4n) is 2.80. The van der Waals surface area contributed by atoms with E-state index in [9.17, 15) is 0 Å². The Morgan fingerprint density at radius 2 is 1.95 bits per heavy atom. The van der Waals surface area contributed by atoms with Crippen molar-refractivity contribution in [3.63, 3.8) is 0 Å². The highest BCUT2D eigenvalue weighted by molar-refractivity contribution is 9.10. The lowest BCUT2D eigenvalue weighted by Crippen LogP contribution is -2.22. The summed E-state index contributed by atoms with van der Waals surface area (Å²) in [6.07, 6.45) is 8.24. The van der Waals surface area contributed by atoms with E-state index in [0.29, 0.717) is 12.0 Å². The van der Waals surface area contributed by atoms with Gasteiger partial charge < -0.3 is 10.6 Å².